The number of nitrogens with zero attached hydrogens (tertiary/aromatic N) is 2. The van der Waals surface area contributed by atoms with E-state index in [9.17, 15) is 9.59 Å². The van der Waals surface area contributed by atoms with Gasteiger partial charge < -0.3 is 10.2 Å². The molecule has 2 aliphatic heterocycles. The van der Waals surface area contributed by atoms with Gasteiger partial charge in [-0.15, -0.1) is 11.3 Å². The van der Waals surface area contributed by atoms with Crippen LogP contribution in [0.1, 0.15) is 35.7 Å². The number of pyridine rings is 1. The lowest BCUT2D eigenvalue weighted by atomic mass is 9.95. The van der Waals surface area contributed by atoms with Crippen molar-refractivity contribution in [3.63, 3.8) is 0 Å². The summed E-state index contributed by atoms with van der Waals surface area (Å²) in [5, 5.41) is 5.09. The summed E-state index contributed by atoms with van der Waals surface area (Å²) in [4.78, 5) is 32.8. The van der Waals surface area contributed by atoms with E-state index in [1.165, 1.54) is 4.88 Å². The summed E-state index contributed by atoms with van der Waals surface area (Å²) in [5.74, 6) is 0.00397. The van der Waals surface area contributed by atoms with E-state index in [-0.39, 0.29) is 29.8 Å². The van der Waals surface area contributed by atoms with Gasteiger partial charge in [-0.2, -0.15) is 0 Å². The minimum Gasteiger partial charge on any atom is -0.355 e. The molecule has 0 saturated carbocycles. The van der Waals surface area contributed by atoms with Crippen LogP contribution in [0.15, 0.2) is 42.0 Å². The van der Waals surface area contributed by atoms with Crippen LogP contribution in [0.2, 0.25) is 0 Å². The van der Waals surface area contributed by atoms with Crippen molar-refractivity contribution in [1.82, 2.24) is 26.1 Å². The molecule has 3 atom stereocenters. The van der Waals surface area contributed by atoms with Crippen LogP contribution in [0.5, 0.6) is 0 Å². The molecule has 154 valence electrons. The molecule has 29 heavy (non-hydrogen) atoms. The highest BCUT2D eigenvalue weighted by molar-refractivity contribution is 7.09. The van der Waals surface area contributed by atoms with Crippen molar-refractivity contribution < 1.29 is 9.59 Å². The Labute approximate surface area is 174 Å². The molecule has 4 rings (SSSR count). The van der Waals surface area contributed by atoms with E-state index in [1.54, 1.807) is 17.5 Å². The molecule has 2 fully saturated rings. The fourth-order valence-corrected chi connectivity index (χ4v) is 4.75. The third-order valence-corrected chi connectivity index (χ3v) is 6.58. The molecule has 2 amide bonds. The molecule has 3 N–H and O–H groups in total. The molecule has 8 heteroatoms. The maximum atomic E-state index is 13.0. The SMILES string of the molecule is O=C(NCCc1cccs1)C1CCCN(C(=O)C2CC(c3cccnc3)NN2)C1. The van der Waals surface area contributed by atoms with E-state index < -0.39 is 0 Å². The van der Waals surface area contributed by atoms with Crippen molar-refractivity contribution >= 4 is 23.2 Å². The number of nitrogens with one attached hydrogen (secondary N) is 3. The highest BCUT2D eigenvalue weighted by Crippen LogP contribution is 2.24. The van der Waals surface area contributed by atoms with Gasteiger partial charge in [0.1, 0.15) is 6.04 Å². The third-order valence-electron chi connectivity index (χ3n) is 5.64. The first-order valence-corrected chi connectivity index (χ1v) is 11.1. The summed E-state index contributed by atoms with van der Waals surface area (Å²) in [7, 11) is 0. The fraction of sp³-hybridized carbons (Fsp3) is 0.476. The molecule has 0 spiro atoms. The van der Waals surface area contributed by atoms with Crippen LogP contribution in [0.4, 0.5) is 0 Å². The Morgan fingerprint density at radius 1 is 1.28 bits per heavy atom. The Bertz CT molecular complexity index is 814. The van der Waals surface area contributed by atoms with E-state index in [1.807, 2.05) is 34.7 Å². The first-order chi connectivity index (χ1) is 14.2. The molecule has 2 saturated heterocycles. The van der Waals surface area contributed by atoms with Gasteiger partial charge in [0.2, 0.25) is 11.8 Å². The van der Waals surface area contributed by atoms with Crippen LogP contribution in [-0.4, -0.2) is 47.4 Å². The predicted octanol–water partition coefficient (Wildman–Crippen LogP) is 1.65. The molecule has 0 radical (unpaired) electrons. The van der Waals surface area contributed by atoms with Crippen LogP contribution in [-0.2, 0) is 16.0 Å². The van der Waals surface area contributed by atoms with E-state index in [0.29, 0.717) is 26.1 Å². The Morgan fingerprint density at radius 2 is 2.21 bits per heavy atom. The summed E-state index contributed by atoms with van der Waals surface area (Å²) in [6.45, 7) is 1.86. The van der Waals surface area contributed by atoms with Gasteiger partial charge in [-0.05, 0) is 48.8 Å². The Balaban J connectivity index is 1.26. The molecule has 0 aromatic carbocycles. The molecular weight excluding hydrogens is 386 g/mol. The zero-order valence-electron chi connectivity index (χ0n) is 16.3. The van der Waals surface area contributed by atoms with Crippen LogP contribution in [0.25, 0.3) is 0 Å². The van der Waals surface area contributed by atoms with Crippen LogP contribution in [0, 0.1) is 5.92 Å². The number of thiophene rings is 1. The third kappa shape index (κ3) is 5.01. The summed E-state index contributed by atoms with van der Waals surface area (Å²) >= 11 is 1.71. The number of piperidine rings is 1. The van der Waals surface area contributed by atoms with E-state index in [4.69, 9.17) is 0 Å². The molecule has 4 heterocycles. The van der Waals surface area contributed by atoms with Crippen LogP contribution >= 0.6 is 11.3 Å². The normalized spacial score (nSPS) is 24.4. The summed E-state index contributed by atoms with van der Waals surface area (Å²) in [6, 6.07) is 7.81. The molecule has 7 nitrogen and oxygen atoms in total. The summed E-state index contributed by atoms with van der Waals surface area (Å²) in [6.07, 6.45) is 6.80. The van der Waals surface area contributed by atoms with Crippen molar-refractivity contribution in [2.24, 2.45) is 5.92 Å². The average molecular weight is 414 g/mol. The quantitative estimate of drug-likeness (QED) is 0.670. The second kappa shape index (κ2) is 9.47. The first kappa shape index (κ1) is 20.0. The molecule has 0 aliphatic carbocycles. The minimum atomic E-state index is -0.277. The maximum Gasteiger partial charge on any atom is 0.241 e. The molecule has 3 unspecified atom stereocenters. The smallest absolute Gasteiger partial charge is 0.241 e. The van der Waals surface area contributed by atoms with Crippen molar-refractivity contribution in [2.75, 3.05) is 19.6 Å². The summed E-state index contributed by atoms with van der Waals surface area (Å²) in [5.41, 5.74) is 7.40. The number of carbonyl (C=O) groups is 2. The van der Waals surface area contributed by atoms with Crippen molar-refractivity contribution in [3.05, 3.63) is 52.5 Å². The van der Waals surface area contributed by atoms with Crippen molar-refractivity contribution in [2.45, 2.75) is 37.8 Å². The van der Waals surface area contributed by atoms with E-state index in [0.717, 1.165) is 24.8 Å². The zero-order valence-corrected chi connectivity index (χ0v) is 17.2. The molecular formula is C21H27N5O2S. The summed E-state index contributed by atoms with van der Waals surface area (Å²) < 4.78 is 0. The number of carbonyl (C=O) groups excluding carboxylic acids is 2. The first-order valence-electron chi connectivity index (χ1n) is 10.2. The zero-order chi connectivity index (χ0) is 20.1. The number of hydrogen-bond donors (Lipinski definition) is 3. The number of likely N-dealkylation sites (tertiary alicyclic amines) is 1. The number of rotatable bonds is 6. The van der Waals surface area contributed by atoms with Gasteiger partial charge in [0.15, 0.2) is 0 Å². The lowest BCUT2D eigenvalue weighted by Gasteiger charge is -2.33. The Morgan fingerprint density at radius 3 is 3.00 bits per heavy atom. The largest absolute Gasteiger partial charge is 0.355 e. The van der Waals surface area contributed by atoms with Gasteiger partial charge in [0, 0.05) is 42.9 Å². The van der Waals surface area contributed by atoms with Crippen molar-refractivity contribution in [1.29, 1.82) is 0 Å². The monoisotopic (exact) mass is 413 g/mol. The van der Waals surface area contributed by atoms with Crippen LogP contribution in [0.3, 0.4) is 0 Å². The molecule has 2 aromatic heterocycles. The lowest BCUT2D eigenvalue weighted by Crippen LogP contribution is -2.51. The second-order valence-electron chi connectivity index (χ2n) is 7.66. The highest BCUT2D eigenvalue weighted by Gasteiger charge is 2.36. The highest BCUT2D eigenvalue weighted by atomic mass is 32.1. The molecule has 0 bridgehead atoms. The molecule has 2 aromatic rings. The van der Waals surface area contributed by atoms with Gasteiger partial charge in [0.25, 0.3) is 0 Å². The lowest BCUT2D eigenvalue weighted by molar-refractivity contribution is -0.137. The number of amides is 2. The number of hydrazine groups is 1. The fourth-order valence-electron chi connectivity index (χ4n) is 4.04. The topological polar surface area (TPSA) is 86.4 Å². The standard InChI is InChI=1S/C21H27N5O2S/c27-20(23-9-7-17-6-3-11-29-17)16-5-2-10-26(14-16)21(28)19-12-18(24-25-19)15-4-1-8-22-13-15/h1,3-4,6,8,11,13,16,18-19,24-25H,2,5,7,9-10,12,14H2,(H,23,27). The number of hydrogen-bond acceptors (Lipinski definition) is 6. The predicted molar refractivity (Wildman–Crippen MR) is 112 cm³/mol. The van der Waals surface area contributed by atoms with Gasteiger partial charge in [-0.25, -0.2) is 10.9 Å². The number of aromatic nitrogens is 1. The minimum absolute atomic E-state index is 0.0600. The second-order valence-corrected chi connectivity index (χ2v) is 8.69. The van der Waals surface area contributed by atoms with Gasteiger partial charge in [-0.3, -0.25) is 14.6 Å². The van der Waals surface area contributed by atoms with Gasteiger partial charge in [-0.1, -0.05) is 12.1 Å². The maximum absolute atomic E-state index is 13.0. The van der Waals surface area contributed by atoms with E-state index in [2.05, 4.69) is 27.2 Å². The van der Waals surface area contributed by atoms with Gasteiger partial charge >= 0.3 is 0 Å². The Hall–Kier alpha value is -2.29. The van der Waals surface area contributed by atoms with E-state index >= 15 is 0 Å². The van der Waals surface area contributed by atoms with Gasteiger partial charge in [0.05, 0.1) is 5.92 Å². The average Bonchev–Trinajstić information content (AvgIpc) is 3.46. The van der Waals surface area contributed by atoms with Crippen molar-refractivity contribution in [3.8, 4) is 0 Å². The van der Waals surface area contributed by atoms with Crippen LogP contribution < -0.4 is 16.2 Å². The molecule has 2 aliphatic rings. The Kier molecular flexibility index (Phi) is 6.53.